The third kappa shape index (κ3) is 5.37. The molecule has 5 heteroatoms. The van der Waals surface area contributed by atoms with Crippen LogP contribution in [0.1, 0.15) is 41.6 Å². The van der Waals surface area contributed by atoms with Crippen LogP contribution >= 0.6 is 0 Å². The van der Waals surface area contributed by atoms with Gasteiger partial charge in [0.05, 0.1) is 7.11 Å². The third-order valence-corrected chi connectivity index (χ3v) is 5.87. The molecule has 0 bridgehead atoms. The molecule has 2 N–H and O–H groups in total. The van der Waals surface area contributed by atoms with Gasteiger partial charge < -0.3 is 20.3 Å². The summed E-state index contributed by atoms with van der Waals surface area (Å²) in [4.78, 5) is 13.7. The Morgan fingerprint density at radius 1 is 1.00 bits per heavy atom. The van der Waals surface area contributed by atoms with Gasteiger partial charge in [0.1, 0.15) is 5.75 Å². The van der Waals surface area contributed by atoms with Crippen LogP contribution in [0.5, 0.6) is 5.75 Å². The zero-order valence-corrected chi connectivity index (χ0v) is 18.0. The molecule has 0 aliphatic heterocycles. The smallest absolute Gasteiger partial charge is 0.253 e. The number of carbonyl (C=O) groups is 1. The first kappa shape index (κ1) is 21.3. The van der Waals surface area contributed by atoms with E-state index in [9.17, 15) is 4.79 Å². The van der Waals surface area contributed by atoms with Crippen molar-refractivity contribution in [2.45, 2.75) is 44.3 Å². The molecule has 0 spiro atoms. The number of carbonyl (C=O) groups excluding carboxylic acids is 1. The molecule has 1 fully saturated rings. The molecular weight excluding hydrogens is 362 g/mol. The topological polar surface area (TPSA) is 53.6 Å². The Hall–Kier alpha value is -2.37. The largest absolute Gasteiger partial charge is 0.496 e. The van der Waals surface area contributed by atoms with Crippen molar-refractivity contribution in [1.82, 2.24) is 15.5 Å². The summed E-state index contributed by atoms with van der Waals surface area (Å²) in [6.07, 6.45) is 4.86. The molecule has 0 unspecified atom stereocenters. The highest BCUT2D eigenvalue weighted by Gasteiger charge is 2.20. The lowest BCUT2D eigenvalue weighted by atomic mass is 9.91. The number of hydrogen-bond acceptors (Lipinski definition) is 4. The lowest BCUT2D eigenvalue weighted by Gasteiger charge is -2.29. The molecule has 1 aliphatic carbocycles. The van der Waals surface area contributed by atoms with Gasteiger partial charge in [-0.25, -0.2) is 0 Å². The van der Waals surface area contributed by atoms with Gasteiger partial charge in [-0.05, 0) is 68.1 Å². The number of methoxy groups -OCH3 is 1. The first-order valence-electron chi connectivity index (χ1n) is 10.4. The maximum atomic E-state index is 12.1. The molecule has 1 saturated carbocycles. The second-order valence-electron chi connectivity index (χ2n) is 8.02. The quantitative estimate of drug-likeness (QED) is 0.751. The van der Waals surface area contributed by atoms with Gasteiger partial charge in [0.2, 0.25) is 0 Å². The van der Waals surface area contributed by atoms with E-state index in [1.165, 1.54) is 25.7 Å². The molecule has 1 aliphatic rings. The van der Waals surface area contributed by atoms with Gasteiger partial charge in [-0.2, -0.15) is 0 Å². The number of benzene rings is 2. The number of nitrogens with zero attached hydrogens (tertiary/aromatic N) is 1. The second kappa shape index (κ2) is 9.90. The fraction of sp³-hybridized carbons (Fsp3) is 0.458. The molecule has 5 nitrogen and oxygen atoms in total. The van der Waals surface area contributed by atoms with Crippen LogP contribution in [0.3, 0.4) is 0 Å². The average molecular weight is 396 g/mol. The van der Waals surface area contributed by atoms with E-state index in [1.54, 1.807) is 26.1 Å². The van der Waals surface area contributed by atoms with E-state index in [2.05, 4.69) is 29.8 Å². The van der Waals surface area contributed by atoms with Crippen LogP contribution in [-0.4, -0.2) is 51.1 Å². The molecule has 0 atom stereocenters. The summed E-state index contributed by atoms with van der Waals surface area (Å²) in [5.74, 6) is 0.925. The fourth-order valence-electron chi connectivity index (χ4n) is 4.00. The second-order valence-corrected chi connectivity index (χ2v) is 8.02. The molecule has 29 heavy (non-hydrogen) atoms. The van der Waals surface area contributed by atoms with E-state index in [4.69, 9.17) is 4.74 Å². The summed E-state index contributed by atoms with van der Waals surface area (Å²) in [6.45, 7) is 0.795. The SMILES string of the molecule is CNC1CCC(NCc2cc(-c3ccc(C(=O)N(C)C)cc3)ccc2OC)CC1. The van der Waals surface area contributed by atoms with Gasteiger partial charge in [-0.15, -0.1) is 0 Å². The number of nitrogens with one attached hydrogen (secondary N) is 2. The normalized spacial score (nSPS) is 19.0. The summed E-state index contributed by atoms with van der Waals surface area (Å²) in [5, 5.41) is 7.10. The highest BCUT2D eigenvalue weighted by molar-refractivity contribution is 5.94. The highest BCUT2D eigenvalue weighted by Crippen LogP contribution is 2.28. The van der Waals surface area contributed by atoms with Gasteiger partial charge >= 0.3 is 0 Å². The Morgan fingerprint density at radius 3 is 2.21 bits per heavy atom. The Morgan fingerprint density at radius 2 is 1.62 bits per heavy atom. The maximum absolute atomic E-state index is 12.1. The number of amides is 1. The van der Waals surface area contributed by atoms with Gasteiger partial charge in [0.15, 0.2) is 0 Å². The zero-order chi connectivity index (χ0) is 20.8. The minimum Gasteiger partial charge on any atom is -0.496 e. The molecule has 0 saturated heterocycles. The van der Waals surface area contributed by atoms with Crippen molar-refractivity contribution in [3.05, 3.63) is 53.6 Å². The van der Waals surface area contributed by atoms with E-state index >= 15 is 0 Å². The van der Waals surface area contributed by atoms with Gasteiger partial charge in [0, 0.05) is 43.9 Å². The third-order valence-electron chi connectivity index (χ3n) is 5.87. The summed E-state index contributed by atoms with van der Waals surface area (Å²) >= 11 is 0. The van der Waals surface area contributed by atoms with Crippen LogP contribution in [0.15, 0.2) is 42.5 Å². The predicted molar refractivity (Wildman–Crippen MR) is 118 cm³/mol. The van der Waals surface area contributed by atoms with E-state index < -0.39 is 0 Å². The standard InChI is InChI=1S/C24H33N3O2/c1-25-21-10-12-22(13-11-21)26-16-20-15-19(9-14-23(20)29-4)17-5-7-18(8-6-17)24(28)27(2)3/h5-9,14-15,21-22,25-26H,10-13,16H2,1-4H3. The Labute approximate surface area is 174 Å². The minimum atomic E-state index is 0.0177. The van der Waals surface area contributed by atoms with Crippen LogP contribution in [0, 0.1) is 0 Å². The number of rotatable bonds is 7. The molecule has 2 aromatic rings. The van der Waals surface area contributed by atoms with Gasteiger partial charge in [-0.1, -0.05) is 18.2 Å². The van der Waals surface area contributed by atoms with E-state index in [1.807, 2.05) is 30.3 Å². The number of hydrogen-bond donors (Lipinski definition) is 2. The molecule has 2 aromatic carbocycles. The Bertz CT molecular complexity index is 809. The highest BCUT2D eigenvalue weighted by atomic mass is 16.5. The number of ether oxygens (including phenoxy) is 1. The van der Waals surface area contributed by atoms with Crippen LogP contribution in [0.25, 0.3) is 11.1 Å². The van der Waals surface area contributed by atoms with E-state index in [0.717, 1.165) is 29.0 Å². The average Bonchev–Trinajstić information content (AvgIpc) is 2.77. The molecule has 0 aromatic heterocycles. The lowest BCUT2D eigenvalue weighted by Crippen LogP contribution is -2.38. The van der Waals surface area contributed by atoms with Crippen molar-refractivity contribution >= 4 is 5.91 Å². The molecule has 156 valence electrons. The Balaban J connectivity index is 1.71. The molecular formula is C24H33N3O2. The maximum Gasteiger partial charge on any atom is 0.253 e. The predicted octanol–water partition coefficient (Wildman–Crippen LogP) is 3.68. The first-order chi connectivity index (χ1) is 14.0. The van der Waals surface area contributed by atoms with Crippen molar-refractivity contribution in [2.24, 2.45) is 0 Å². The van der Waals surface area contributed by atoms with Crippen molar-refractivity contribution in [2.75, 3.05) is 28.3 Å². The zero-order valence-electron chi connectivity index (χ0n) is 18.0. The van der Waals surface area contributed by atoms with E-state index in [-0.39, 0.29) is 5.91 Å². The van der Waals surface area contributed by atoms with Crippen LogP contribution in [0.4, 0.5) is 0 Å². The van der Waals surface area contributed by atoms with Crippen molar-refractivity contribution in [3.63, 3.8) is 0 Å². The summed E-state index contributed by atoms with van der Waals surface area (Å²) in [5.41, 5.74) is 4.09. The van der Waals surface area contributed by atoms with Gasteiger partial charge in [0.25, 0.3) is 5.91 Å². The van der Waals surface area contributed by atoms with Crippen molar-refractivity contribution < 1.29 is 9.53 Å². The monoisotopic (exact) mass is 395 g/mol. The van der Waals surface area contributed by atoms with Crippen LogP contribution in [0.2, 0.25) is 0 Å². The summed E-state index contributed by atoms with van der Waals surface area (Å²) < 4.78 is 5.59. The Kier molecular flexibility index (Phi) is 7.29. The molecule has 3 rings (SSSR count). The lowest BCUT2D eigenvalue weighted by molar-refractivity contribution is 0.0827. The van der Waals surface area contributed by atoms with Crippen LogP contribution in [-0.2, 0) is 6.54 Å². The summed E-state index contributed by atoms with van der Waals surface area (Å²) in [6, 6.07) is 15.3. The van der Waals surface area contributed by atoms with Crippen LogP contribution < -0.4 is 15.4 Å². The van der Waals surface area contributed by atoms with E-state index in [0.29, 0.717) is 17.6 Å². The van der Waals surface area contributed by atoms with Gasteiger partial charge in [-0.3, -0.25) is 4.79 Å². The minimum absolute atomic E-state index is 0.0177. The summed E-state index contributed by atoms with van der Waals surface area (Å²) in [7, 11) is 7.31. The van der Waals surface area contributed by atoms with Crippen molar-refractivity contribution in [1.29, 1.82) is 0 Å². The van der Waals surface area contributed by atoms with Crippen molar-refractivity contribution in [3.8, 4) is 16.9 Å². The fourth-order valence-corrected chi connectivity index (χ4v) is 4.00. The molecule has 0 radical (unpaired) electrons. The molecule has 0 heterocycles. The first-order valence-corrected chi connectivity index (χ1v) is 10.4. The molecule has 1 amide bonds.